The molecule has 6 heteroatoms. The number of benzene rings is 1. The molecular formula is C19H20ClFN4. The lowest BCUT2D eigenvalue weighted by atomic mass is 9.96. The number of anilines is 1. The van der Waals surface area contributed by atoms with Crippen LogP contribution in [0.25, 0.3) is 22.4 Å². The summed E-state index contributed by atoms with van der Waals surface area (Å²) in [6, 6.07) is 9.95. The average molecular weight is 359 g/mol. The molecule has 4 nitrogen and oxygen atoms in total. The van der Waals surface area contributed by atoms with Crippen LogP contribution < -0.4 is 4.90 Å². The van der Waals surface area contributed by atoms with E-state index >= 15 is 0 Å². The molecule has 1 aliphatic rings. The van der Waals surface area contributed by atoms with Crippen LogP contribution in [-0.2, 0) is 7.05 Å². The number of aryl methyl sites for hydroxylation is 1. The van der Waals surface area contributed by atoms with Crippen LogP contribution in [0, 0.1) is 0 Å². The number of hydrogen-bond donors (Lipinski definition) is 0. The zero-order valence-corrected chi connectivity index (χ0v) is 15.1. The summed E-state index contributed by atoms with van der Waals surface area (Å²) in [6.45, 7) is 2.98. The summed E-state index contributed by atoms with van der Waals surface area (Å²) in [7, 11) is 1.98. The summed E-state index contributed by atoms with van der Waals surface area (Å²) in [5.41, 5.74) is 1.75. The van der Waals surface area contributed by atoms with Crippen LogP contribution in [0.4, 0.5) is 10.2 Å². The van der Waals surface area contributed by atoms with Crippen LogP contribution in [0.3, 0.4) is 0 Å². The molecule has 0 atom stereocenters. The Bertz CT molecular complexity index is 924. The van der Waals surface area contributed by atoms with E-state index < -0.39 is 5.67 Å². The fourth-order valence-corrected chi connectivity index (χ4v) is 3.55. The molecule has 0 N–H and O–H groups in total. The molecule has 0 spiro atoms. The van der Waals surface area contributed by atoms with Gasteiger partial charge in [-0.1, -0.05) is 23.7 Å². The van der Waals surface area contributed by atoms with E-state index in [0.29, 0.717) is 31.0 Å². The predicted octanol–water partition coefficient (Wildman–Crippen LogP) is 4.62. The number of fused-ring (bicyclic) bond motifs is 1. The summed E-state index contributed by atoms with van der Waals surface area (Å²) in [5, 5.41) is 0.564. The fourth-order valence-electron chi connectivity index (χ4n) is 3.36. The van der Waals surface area contributed by atoms with Gasteiger partial charge >= 0.3 is 0 Å². The Morgan fingerprint density at radius 3 is 2.64 bits per heavy atom. The first-order valence-electron chi connectivity index (χ1n) is 8.46. The van der Waals surface area contributed by atoms with E-state index in [1.165, 1.54) is 0 Å². The Balaban J connectivity index is 1.74. The quantitative estimate of drug-likeness (QED) is 0.670. The van der Waals surface area contributed by atoms with E-state index in [1.807, 2.05) is 41.9 Å². The van der Waals surface area contributed by atoms with Gasteiger partial charge in [-0.3, -0.25) is 0 Å². The smallest absolute Gasteiger partial charge is 0.142 e. The minimum atomic E-state index is -1.08. The molecule has 0 saturated carbocycles. The number of imidazole rings is 1. The lowest BCUT2D eigenvalue weighted by molar-refractivity contribution is 0.149. The van der Waals surface area contributed by atoms with Crippen LogP contribution in [0.15, 0.2) is 36.5 Å². The zero-order valence-electron chi connectivity index (χ0n) is 14.3. The Morgan fingerprint density at radius 1 is 1.20 bits per heavy atom. The van der Waals surface area contributed by atoms with Gasteiger partial charge in [0.05, 0.1) is 16.1 Å². The van der Waals surface area contributed by atoms with Gasteiger partial charge in [0, 0.05) is 31.9 Å². The van der Waals surface area contributed by atoms with Crippen molar-refractivity contribution in [2.24, 2.45) is 7.05 Å². The molecule has 130 valence electrons. The lowest BCUT2D eigenvalue weighted by Crippen LogP contribution is -2.40. The van der Waals surface area contributed by atoms with Crippen LogP contribution in [0.5, 0.6) is 0 Å². The molecule has 0 aliphatic carbocycles. The third kappa shape index (κ3) is 2.97. The predicted molar refractivity (Wildman–Crippen MR) is 99.9 cm³/mol. The maximum Gasteiger partial charge on any atom is 0.142 e. The summed E-state index contributed by atoms with van der Waals surface area (Å²) >= 11 is 6.42. The molecular weight excluding hydrogens is 339 g/mol. The summed E-state index contributed by atoms with van der Waals surface area (Å²) in [5.74, 6) is 1.63. The average Bonchev–Trinajstić information content (AvgIpc) is 2.93. The molecule has 2 aromatic heterocycles. The van der Waals surface area contributed by atoms with Crippen molar-refractivity contribution in [2.75, 3.05) is 18.0 Å². The van der Waals surface area contributed by atoms with Gasteiger partial charge < -0.3 is 9.47 Å². The second-order valence-corrected chi connectivity index (χ2v) is 7.31. The molecule has 0 amide bonds. The molecule has 4 rings (SSSR count). The van der Waals surface area contributed by atoms with Crippen LogP contribution >= 0.6 is 11.6 Å². The molecule has 1 aliphatic heterocycles. The minimum absolute atomic E-state index is 0.513. The Morgan fingerprint density at radius 2 is 1.92 bits per heavy atom. The number of para-hydroxylation sites is 2. The highest BCUT2D eigenvalue weighted by Crippen LogP contribution is 2.34. The highest BCUT2D eigenvalue weighted by molar-refractivity contribution is 6.33. The normalized spacial score (nSPS) is 17.2. The Labute approximate surface area is 151 Å². The Hall–Kier alpha value is -2.14. The van der Waals surface area contributed by atoms with Gasteiger partial charge in [0.2, 0.25) is 0 Å². The van der Waals surface area contributed by atoms with Crippen molar-refractivity contribution in [1.29, 1.82) is 0 Å². The van der Waals surface area contributed by atoms with Gasteiger partial charge in [0.25, 0.3) is 0 Å². The third-order valence-electron chi connectivity index (χ3n) is 5.00. The highest BCUT2D eigenvalue weighted by Gasteiger charge is 2.30. The standard InChI is InChI=1S/C19H20ClFN4/c1-19(21)7-9-25(10-8-19)17-11-13(14(20)12-22-17)18-23-15-5-3-4-6-16(15)24(18)2/h3-6,11-12H,7-10H2,1-2H3. The van der Waals surface area contributed by atoms with Crippen molar-refractivity contribution in [2.45, 2.75) is 25.4 Å². The largest absolute Gasteiger partial charge is 0.356 e. The van der Waals surface area contributed by atoms with Gasteiger partial charge in [-0.15, -0.1) is 0 Å². The highest BCUT2D eigenvalue weighted by atomic mass is 35.5. The molecule has 1 saturated heterocycles. The number of nitrogens with zero attached hydrogens (tertiary/aromatic N) is 4. The van der Waals surface area contributed by atoms with E-state index in [1.54, 1.807) is 13.1 Å². The summed E-state index contributed by atoms with van der Waals surface area (Å²) in [6.07, 6.45) is 2.69. The number of alkyl halides is 1. The number of piperidine rings is 1. The Kier molecular flexibility index (Phi) is 3.91. The second kappa shape index (κ2) is 5.99. The molecule has 0 unspecified atom stereocenters. The van der Waals surface area contributed by atoms with Gasteiger partial charge in [0.1, 0.15) is 17.3 Å². The van der Waals surface area contributed by atoms with E-state index in [0.717, 1.165) is 28.2 Å². The first-order valence-corrected chi connectivity index (χ1v) is 8.84. The third-order valence-corrected chi connectivity index (χ3v) is 5.30. The van der Waals surface area contributed by atoms with Gasteiger partial charge in [-0.05, 0) is 38.0 Å². The van der Waals surface area contributed by atoms with E-state index in [4.69, 9.17) is 16.6 Å². The fraction of sp³-hybridized carbons (Fsp3) is 0.368. The minimum Gasteiger partial charge on any atom is -0.356 e. The first kappa shape index (κ1) is 16.3. The number of rotatable bonds is 2. The SMILES string of the molecule is Cn1c(-c2cc(N3CCC(C)(F)CC3)ncc2Cl)nc2ccccc21. The van der Waals surface area contributed by atoms with Crippen molar-refractivity contribution in [1.82, 2.24) is 14.5 Å². The van der Waals surface area contributed by atoms with Crippen LogP contribution in [-0.4, -0.2) is 33.3 Å². The zero-order chi connectivity index (χ0) is 17.6. The number of pyridine rings is 1. The first-order chi connectivity index (χ1) is 11.9. The summed E-state index contributed by atoms with van der Waals surface area (Å²) in [4.78, 5) is 11.3. The van der Waals surface area contributed by atoms with Crippen LogP contribution in [0.1, 0.15) is 19.8 Å². The van der Waals surface area contributed by atoms with Crippen molar-refractivity contribution >= 4 is 28.5 Å². The topological polar surface area (TPSA) is 34.0 Å². The number of aromatic nitrogens is 3. The van der Waals surface area contributed by atoms with Gasteiger partial charge in [0.15, 0.2) is 0 Å². The number of hydrogen-bond acceptors (Lipinski definition) is 3. The number of halogens is 2. The molecule has 1 fully saturated rings. The van der Waals surface area contributed by atoms with E-state index in [2.05, 4.69) is 9.88 Å². The maximum absolute atomic E-state index is 14.1. The molecule has 3 aromatic rings. The monoisotopic (exact) mass is 358 g/mol. The van der Waals surface area contributed by atoms with E-state index in [9.17, 15) is 4.39 Å². The second-order valence-electron chi connectivity index (χ2n) is 6.91. The van der Waals surface area contributed by atoms with Crippen molar-refractivity contribution in [3.8, 4) is 11.4 Å². The van der Waals surface area contributed by atoms with Crippen molar-refractivity contribution < 1.29 is 4.39 Å². The molecule has 0 bridgehead atoms. The van der Waals surface area contributed by atoms with Gasteiger partial charge in [-0.2, -0.15) is 0 Å². The van der Waals surface area contributed by atoms with E-state index in [-0.39, 0.29) is 0 Å². The van der Waals surface area contributed by atoms with Crippen molar-refractivity contribution in [3.05, 3.63) is 41.6 Å². The molecule has 3 heterocycles. The van der Waals surface area contributed by atoms with Crippen molar-refractivity contribution in [3.63, 3.8) is 0 Å². The molecule has 1 aromatic carbocycles. The lowest BCUT2D eigenvalue weighted by Gasteiger charge is -2.35. The van der Waals surface area contributed by atoms with Crippen LogP contribution in [0.2, 0.25) is 5.02 Å². The maximum atomic E-state index is 14.1. The van der Waals surface area contributed by atoms with Gasteiger partial charge in [-0.25, -0.2) is 14.4 Å². The summed E-state index contributed by atoms with van der Waals surface area (Å²) < 4.78 is 16.1. The molecule has 25 heavy (non-hydrogen) atoms. The molecule has 0 radical (unpaired) electrons.